The summed E-state index contributed by atoms with van der Waals surface area (Å²) in [6, 6.07) is 4.72. The molecule has 0 aliphatic carbocycles. The molecule has 2 aliphatic heterocycles. The predicted molar refractivity (Wildman–Crippen MR) is 93.4 cm³/mol. The minimum atomic E-state index is -0.467. The van der Waals surface area contributed by atoms with E-state index in [-0.39, 0.29) is 30.1 Å². The predicted octanol–water partition coefficient (Wildman–Crippen LogP) is 2.17. The second kappa shape index (κ2) is 7.14. The molecule has 6 nitrogen and oxygen atoms in total. The van der Waals surface area contributed by atoms with Crippen LogP contribution in [-0.4, -0.2) is 48.9 Å². The molecule has 0 saturated carbocycles. The lowest BCUT2D eigenvalue weighted by molar-refractivity contribution is -0.147. The molecular formula is C18H21ClN2O4. The Hall–Kier alpha value is -1.92. The molecule has 1 aromatic carbocycles. The third-order valence-electron chi connectivity index (χ3n) is 5.04. The Balaban J connectivity index is 1.71. The van der Waals surface area contributed by atoms with E-state index >= 15 is 0 Å². The number of carbonyl (C=O) groups is 3. The first-order chi connectivity index (χ1) is 11.9. The quantitative estimate of drug-likeness (QED) is 0.607. The van der Waals surface area contributed by atoms with Gasteiger partial charge in [0.25, 0.3) is 5.91 Å². The molecule has 1 atom stereocenters. The second-order valence-electron chi connectivity index (χ2n) is 6.55. The molecule has 2 heterocycles. The van der Waals surface area contributed by atoms with E-state index in [4.69, 9.17) is 16.3 Å². The van der Waals surface area contributed by atoms with Crippen molar-refractivity contribution < 1.29 is 19.1 Å². The number of imide groups is 1. The van der Waals surface area contributed by atoms with Crippen LogP contribution in [0.25, 0.3) is 0 Å². The molecule has 0 unspecified atom stereocenters. The van der Waals surface area contributed by atoms with Crippen molar-refractivity contribution in [3.8, 4) is 0 Å². The van der Waals surface area contributed by atoms with Crippen LogP contribution in [0.15, 0.2) is 18.2 Å². The highest BCUT2D eigenvalue weighted by Gasteiger charge is 2.44. The standard InChI is InChI=1S/C18H21ClN2O4/c1-11-3-4-13(9-14(11)19)21-16(22)10-15(17(21)23)20-7-5-12(6-8-20)18(24)25-2/h3-4,9,12,15H,5-8,10H2,1-2H3/t15-/m0/s1. The Bertz CT molecular complexity index is 713. The molecule has 2 amide bonds. The van der Waals surface area contributed by atoms with Crippen molar-refractivity contribution >= 4 is 35.1 Å². The average molecular weight is 365 g/mol. The van der Waals surface area contributed by atoms with Gasteiger partial charge in [0.1, 0.15) is 0 Å². The van der Waals surface area contributed by atoms with Gasteiger partial charge in [0, 0.05) is 5.02 Å². The summed E-state index contributed by atoms with van der Waals surface area (Å²) in [7, 11) is 1.39. The minimum absolute atomic E-state index is 0.125. The Morgan fingerprint density at radius 3 is 2.52 bits per heavy atom. The number of amides is 2. The summed E-state index contributed by atoms with van der Waals surface area (Å²) in [5.74, 6) is -0.767. The third kappa shape index (κ3) is 3.41. The molecule has 0 aromatic heterocycles. The Labute approximate surface area is 151 Å². The molecule has 134 valence electrons. The van der Waals surface area contributed by atoms with Crippen LogP contribution in [0.4, 0.5) is 5.69 Å². The minimum Gasteiger partial charge on any atom is -0.469 e. The molecule has 0 spiro atoms. The van der Waals surface area contributed by atoms with E-state index < -0.39 is 6.04 Å². The molecule has 7 heteroatoms. The number of benzene rings is 1. The van der Waals surface area contributed by atoms with Gasteiger partial charge in [-0.1, -0.05) is 17.7 Å². The first kappa shape index (κ1) is 17.9. The van der Waals surface area contributed by atoms with Gasteiger partial charge in [0.2, 0.25) is 5.91 Å². The molecule has 0 N–H and O–H groups in total. The molecular weight excluding hydrogens is 344 g/mol. The molecule has 3 rings (SSSR count). The normalized spacial score (nSPS) is 22.5. The maximum absolute atomic E-state index is 12.8. The molecule has 0 bridgehead atoms. The fourth-order valence-electron chi connectivity index (χ4n) is 3.51. The van der Waals surface area contributed by atoms with E-state index in [1.165, 1.54) is 12.0 Å². The monoisotopic (exact) mass is 364 g/mol. The Morgan fingerprint density at radius 2 is 1.92 bits per heavy atom. The number of piperidine rings is 1. The van der Waals surface area contributed by atoms with Gasteiger partial charge in [-0.2, -0.15) is 0 Å². The maximum atomic E-state index is 12.8. The Morgan fingerprint density at radius 1 is 1.24 bits per heavy atom. The molecule has 1 aromatic rings. The molecule has 2 saturated heterocycles. The number of carbonyl (C=O) groups excluding carboxylic acids is 3. The van der Waals surface area contributed by atoms with Crippen LogP contribution in [0.3, 0.4) is 0 Å². The first-order valence-corrected chi connectivity index (χ1v) is 8.75. The zero-order valence-corrected chi connectivity index (χ0v) is 15.1. The van der Waals surface area contributed by atoms with Gasteiger partial charge < -0.3 is 4.74 Å². The number of hydrogen-bond donors (Lipinski definition) is 0. The van der Waals surface area contributed by atoms with Crippen molar-refractivity contribution in [1.29, 1.82) is 0 Å². The summed E-state index contributed by atoms with van der Waals surface area (Å²) in [6.07, 6.45) is 1.44. The van der Waals surface area contributed by atoms with Crippen molar-refractivity contribution in [3.63, 3.8) is 0 Å². The van der Waals surface area contributed by atoms with Crippen LogP contribution in [0.5, 0.6) is 0 Å². The first-order valence-electron chi connectivity index (χ1n) is 8.37. The highest BCUT2D eigenvalue weighted by atomic mass is 35.5. The van der Waals surface area contributed by atoms with E-state index in [1.54, 1.807) is 18.2 Å². The molecule has 25 heavy (non-hydrogen) atoms. The summed E-state index contributed by atoms with van der Waals surface area (Å²) in [5, 5.41) is 0.528. The van der Waals surface area contributed by atoms with Crippen molar-refractivity contribution in [3.05, 3.63) is 28.8 Å². The van der Waals surface area contributed by atoms with Gasteiger partial charge in [-0.3, -0.25) is 19.3 Å². The van der Waals surface area contributed by atoms with Crippen LogP contribution >= 0.6 is 11.6 Å². The van der Waals surface area contributed by atoms with Crippen LogP contribution < -0.4 is 4.90 Å². The van der Waals surface area contributed by atoms with E-state index in [0.29, 0.717) is 36.6 Å². The number of methoxy groups -OCH3 is 1. The fraction of sp³-hybridized carbons (Fsp3) is 0.500. The SMILES string of the molecule is COC(=O)C1CCN([C@H]2CC(=O)N(c3ccc(C)c(Cl)c3)C2=O)CC1. The van der Waals surface area contributed by atoms with E-state index in [9.17, 15) is 14.4 Å². The number of rotatable bonds is 3. The number of nitrogens with zero attached hydrogens (tertiary/aromatic N) is 2. The van der Waals surface area contributed by atoms with Gasteiger partial charge >= 0.3 is 5.97 Å². The van der Waals surface area contributed by atoms with Crippen molar-refractivity contribution in [1.82, 2.24) is 4.90 Å². The van der Waals surface area contributed by atoms with Crippen molar-refractivity contribution in [2.24, 2.45) is 5.92 Å². The van der Waals surface area contributed by atoms with Gasteiger partial charge in [0.15, 0.2) is 0 Å². The summed E-state index contributed by atoms with van der Waals surface area (Å²) < 4.78 is 4.79. The van der Waals surface area contributed by atoms with Crippen LogP contribution in [0, 0.1) is 12.8 Å². The average Bonchev–Trinajstić information content (AvgIpc) is 2.91. The summed E-state index contributed by atoms with van der Waals surface area (Å²) in [4.78, 5) is 40.1. The van der Waals surface area contributed by atoms with Gasteiger partial charge in [-0.25, -0.2) is 4.90 Å². The van der Waals surface area contributed by atoms with E-state index in [1.807, 2.05) is 11.8 Å². The lowest BCUT2D eigenvalue weighted by Crippen LogP contribution is -2.46. The maximum Gasteiger partial charge on any atom is 0.308 e. The zero-order chi connectivity index (χ0) is 18.1. The number of ether oxygens (including phenoxy) is 1. The largest absolute Gasteiger partial charge is 0.469 e. The Kier molecular flexibility index (Phi) is 5.11. The number of hydrogen-bond acceptors (Lipinski definition) is 5. The van der Waals surface area contributed by atoms with Crippen molar-refractivity contribution in [2.75, 3.05) is 25.1 Å². The smallest absolute Gasteiger partial charge is 0.308 e. The number of esters is 1. The fourth-order valence-corrected chi connectivity index (χ4v) is 3.68. The number of likely N-dealkylation sites (tertiary alicyclic amines) is 1. The van der Waals surface area contributed by atoms with Crippen molar-refractivity contribution in [2.45, 2.75) is 32.2 Å². The second-order valence-corrected chi connectivity index (χ2v) is 6.96. The van der Waals surface area contributed by atoms with Gasteiger partial charge in [0.05, 0.1) is 31.2 Å². The molecule has 2 fully saturated rings. The molecule has 0 radical (unpaired) electrons. The van der Waals surface area contributed by atoms with Gasteiger partial charge in [-0.15, -0.1) is 0 Å². The molecule has 2 aliphatic rings. The number of anilines is 1. The van der Waals surface area contributed by atoms with E-state index in [2.05, 4.69) is 0 Å². The van der Waals surface area contributed by atoms with Crippen LogP contribution in [0.2, 0.25) is 5.02 Å². The zero-order valence-electron chi connectivity index (χ0n) is 14.3. The number of aryl methyl sites for hydroxylation is 1. The summed E-state index contributed by atoms with van der Waals surface area (Å²) >= 11 is 6.13. The van der Waals surface area contributed by atoms with Crippen LogP contribution in [-0.2, 0) is 19.1 Å². The van der Waals surface area contributed by atoms with Gasteiger partial charge in [-0.05, 0) is 50.6 Å². The summed E-state index contributed by atoms with van der Waals surface area (Å²) in [5.41, 5.74) is 1.41. The van der Waals surface area contributed by atoms with Crippen LogP contribution in [0.1, 0.15) is 24.8 Å². The third-order valence-corrected chi connectivity index (χ3v) is 5.45. The van der Waals surface area contributed by atoms with E-state index in [0.717, 1.165) is 5.56 Å². The number of halogens is 1. The lowest BCUT2D eigenvalue weighted by Gasteiger charge is -2.33. The highest BCUT2D eigenvalue weighted by molar-refractivity contribution is 6.32. The highest BCUT2D eigenvalue weighted by Crippen LogP contribution is 2.31. The summed E-state index contributed by atoms with van der Waals surface area (Å²) in [6.45, 7) is 3.08. The topological polar surface area (TPSA) is 66.9 Å². The lowest BCUT2D eigenvalue weighted by atomic mass is 9.95.